The Labute approximate surface area is 83.5 Å². The molecule has 4 nitrogen and oxygen atoms in total. The zero-order valence-corrected chi connectivity index (χ0v) is 8.79. The number of piperidine rings is 1. The molecule has 2 heterocycles. The van der Waals surface area contributed by atoms with Gasteiger partial charge in [0, 0.05) is 31.3 Å². The second kappa shape index (κ2) is 3.61. The van der Waals surface area contributed by atoms with E-state index in [4.69, 9.17) is 0 Å². The van der Waals surface area contributed by atoms with Gasteiger partial charge in [-0.1, -0.05) is 0 Å². The molecule has 0 aromatic carbocycles. The molecule has 1 saturated heterocycles. The van der Waals surface area contributed by atoms with Crippen molar-refractivity contribution in [1.29, 1.82) is 0 Å². The number of hydrogen-bond donors (Lipinski definition) is 1. The predicted octanol–water partition coefficient (Wildman–Crippen LogP) is 0.523. The molecule has 0 aliphatic carbocycles. The fourth-order valence-corrected chi connectivity index (χ4v) is 2.14. The summed E-state index contributed by atoms with van der Waals surface area (Å²) in [5.41, 5.74) is 1.15. The van der Waals surface area contributed by atoms with E-state index in [1.807, 2.05) is 0 Å². The molecular weight excluding hydrogens is 178 g/mol. The quantitative estimate of drug-likeness (QED) is 0.710. The van der Waals surface area contributed by atoms with Gasteiger partial charge >= 0.3 is 0 Å². The van der Waals surface area contributed by atoms with E-state index in [0.29, 0.717) is 5.92 Å². The highest BCUT2D eigenvalue weighted by atomic mass is 16.1. The van der Waals surface area contributed by atoms with E-state index >= 15 is 0 Å². The van der Waals surface area contributed by atoms with Crippen molar-refractivity contribution in [2.75, 3.05) is 20.1 Å². The van der Waals surface area contributed by atoms with Crippen LogP contribution in [0.2, 0.25) is 0 Å². The van der Waals surface area contributed by atoms with Crippen LogP contribution in [0.5, 0.6) is 0 Å². The van der Waals surface area contributed by atoms with Gasteiger partial charge in [-0.2, -0.15) is 0 Å². The van der Waals surface area contributed by atoms with Crippen molar-refractivity contribution in [2.45, 2.75) is 18.8 Å². The summed E-state index contributed by atoms with van der Waals surface area (Å²) in [7, 11) is 3.89. The molecule has 78 valence electrons. The molecule has 4 heteroatoms. The van der Waals surface area contributed by atoms with Crippen LogP contribution < -0.4 is 5.56 Å². The number of nitrogens with one attached hydrogen (secondary N) is 1. The van der Waals surface area contributed by atoms with Gasteiger partial charge in [0.05, 0.1) is 0 Å². The van der Waals surface area contributed by atoms with E-state index in [-0.39, 0.29) is 5.56 Å². The molecule has 1 unspecified atom stereocenters. The van der Waals surface area contributed by atoms with E-state index in [2.05, 4.69) is 17.0 Å². The summed E-state index contributed by atoms with van der Waals surface area (Å²) < 4.78 is 1.55. The van der Waals surface area contributed by atoms with Crippen LogP contribution in [-0.2, 0) is 7.05 Å². The standard InChI is InChI=1S/C10H17N3O/c1-12-5-3-4-8(7-12)9-6-10(14)13(2)11-9/h6,8,11H,3-5,7H2,1-2H3. The van der Waals surface area contributed by atoms with Crippen LogP contribution in [-0.4, -0.2) is 34.8 Å². The van der Waals surface area contributed by atoms with Gasteiger partial charge < -0.3 is 4.90 Å². The molecule has 0 saturated carbocycles. The lowest BCUT2D eigenvalue weighted by molar-refractivity contribution is 0.248. The summed E-state index contributed by atoms with van der Waals surface area (Å²) in [6.07, 6.45) is 2.41. The maximum atomic E-state index is 11.3. The molecule has 1 aliphatic heterocycles. The Morgan fingerprint density at radius 2 is 2.29 bits per heavy atom. The van der Waals surface area contributed by atoms with Crippen molar-refractivity contribution in [3.8, 4) is 0 Å². The number of likely N-dealkylation sites (N-methyl/N-ethyl adjacent to an activating group) is 1. The third-order valence-corrected chi connectivity index (χ3v) is 2.97. The van der Waals surface area contributed by atoms with Gasteiger partial charge in [0.2, 0.25) is 0 Å². The first-order valence-electron chi connectivity index (χ1n) is 5.11. The largest absolute Gasteiger partial charge is 0.306 e. The fourth-order valence-electron chi connectivity index (χ4n) is 2.14. The van der Waals surface area contributed by atoms with Crippen molar-refractivity contribution in [1.82, 2.24) is 14.7 Å². The molecule has 14 heavy (non-hydrogen) atoms. The van der Waals surface area contributed by atoms with Crippen molar-refractivity contribution in [3.05, 3.63) is 22.1 Å². The first-order valence-corrected chi connectivity index (χ1v) is 5.11. The maximum absolute atomic E-state index is 11.3. The van der Waals surface area contributed by atoms with Crippen LogP contribution in [0.25, 0.3) is 0 Å². The number of hydrogen-bond acceptors (Lipinski definition) is 2. The fraction of sp³-hybridized carbons (Fsp3) is 0.700. The second-order valence-corrected chi connectivity index (χ2v) is 4.21. The van der Waals surface area contributed by atoms with E-state index in [9.17, 15) is 4.79 Å². The van der Waals surface area contributed by atoms with Crippen LogP contribution in [0.4, 0.5) is 0 Å². The molecule has 0 bridgehead atoms. The van der Waals surface area contributed by atoms with Gasteiger partial charge in [0.25, 0.3) is 5.56 Å². The van der Waals surface area contributed by atoms with Crippen LogP contribution in [0, 0.1) is 0 Å². The number of aromatic amines is 1. The molecular formula is C10H17N3O. The number of rotatable bonds is 1. The lowest BCUT2D eigenvalue weighted by Gasteiger charge is -2.28. The van der Waals surface area contributed by atoms with E-state index in [0.717, 1.165) is 12.2 Å². The average molecular weight is 195 g/mol. The zero-order valence-electron chi connectivity index (χ0n) is 8.79. The zero-order chi connectivity index (χ0) is 10.1. The van der Waals surface area contributed by atoms with Crippen molar-refractivity contribution in [3.63, 3.8) is 0 Å². The highest BCUT2D eigenvalue weighted by molar-refractivity contribution is 5.08. The Kier molecular flexibility index (Phi) is 2.46. The summed E-state index contributed by atoms with van der Waals surface area (Å²) in [6, 6.07) is 1.73. The highest BCUT2D eigenvalue weighted by Gasteiger charge is 2.20. The lowest BCUT2D eigenvalue weighted by atomic mass is 9.95. The van der Waals surface area contributed by atoms with Crippen molar-refractivity contribution in [2.24, 2.45) is 7.05 Å². The smallest absolute Gasteiger partial charge is 0.266 e. The van der Waals surface area contributed by atoms with Gasteiger partial charge in [0.1, 0.15) is 0 Å². The number of aromatic nitrogens is 2. The maximum Gasteiger partial charge on any atom is 0.266 e. The van der Waals surface area contributed by atoms with Crippen LogP contribution in [0.3, 0.4) is 0 Å². The summed E-state index contributed by atoms with van der Waals surface area (Å²) in [4.78, 5) is 13.6. The Morgan fingerprint density at radius 3 is 2.86 bits per heavy atom. The molecule has 0 radical (unpaired) electrons. The molecule has 2 rings (SSSR count). The minimum atomic E-state index is 0.0632. The van der Waals surface area contributed by atoms with Crippen molar-refractivity contribution >= 4 is 0 Å². The van der Waals surface area contributed by atoms with Crippen LogP contribution in [0.15, 0.2) is 10.9 Å². The highest BCUT2D eigenvalue weighted by Crippen LogP contribution is 2.23. The Morgan fingerprint density at radius 1 is 1.50 bits per heavy atom. The minimum absolute atomic E-state index is 0.0632. The van der Waals surface area contributed by atoms with Crippen LogP contribution in [0.1, 0.15) is 24.5 Å². The third kappa shape index (κ3) is 1.75. The topological polar surface area (TPSA) is 41.0 Å². The molecule has 0 amide bonds. The number of H-pyrrole nitrogens is 1. The van der Waals surface area contributed by atoms with Crippen molar-refractivity contribution < 1.29 is 0 Å². The number of likely N-dealkylation sites (tertiary alicyclic amines) is 1. The molecule has 1 aromatic heterocycles. The predicted molar refractivity (Wildman–Crippen MR) is 55.5 cm³/mol. The average Bonchev–Trinajstić information content (AvgIpc) is 2.47. The summed E-state index contributed by atoms with van der Waals surface area (Å²) in [5.74, 6) is 0.502. The molecule has 1 atom stereocenters. The normalized spacial score (nSPS) is 24.0. The second-order valence-electron chi connectivity index (χ2n) is 4.21. The van der Waals surface area contributed by atoms with Gasteiger partial charge in [-0.15, -0.1) is 0 Å². The Hall–Kier alpha value is -1.03. The van der Waals surface area contributed by atoms with Crippen LogP contribution >= 0.6 is 0 Å². The molecule has 0 spiro atoms. The third-order valence-electron chi connectivity index (χ3n) is 2.97. The molecule has 1 aliphatic rings. The first-order chi connectivity index (χ1) is 6.66. The Balaban J connectivity index is 2.18. The molecule has 1 fully saturated rings. The molecule has 1 aromatic rings. The van der Waals surface area contributed by atoms with Gasteiger partial charge in [-0.25, -0.2) is 0 Å². The first kappa shape index (κ1) is 9.52. The monoisotopic (exact) mass is 195 g/mol. The summed E-state index contributed by atoms with van der Waals surface area (Å²) >= 11 is 0. The lowest BCUT2D eigenvalue weighted by Crippen LogP contribution is -2.31. The van der Waals surface area contributed by atoms with Gasteiger partial charge in [-0.05, 0) is 26.4 Å². The molecule has 1 N–H and O–H groups in total. The number of aryl methyl sites for hydroxylation is 1. The van der Waals surface area contributed by atoms with Gasteiger partial charge in [-0.3, -0.25) is 14.6 Å². The summed E-state index contributed by atoms with van der Waals surface area (Å²) in [6.45, 7) is 2.23. The summed E-state index contributed by atoms with van der Waals surface area (Å²) in [5, 5.41) is 3.11. The van der Waals surface area contributed by atoms with Gasteiger partial charge in [0.15, 0.2) is 0 Å². The SMILES string of the molecule is CN1CCCC(c2cc(=O)n(C)[nH]2)C1. The van der Waals surface area contributed by atoms with E-state index < -0.39 is 0 Å². The minimum Gasteiger partial charge on any atom is -0.306 e. The van der Waals surface area contributed by atoms with E-state index in [1.54, 1.807) is 17.8 Å². The van der Waals surface area contributed by atoms with E-state index in [1.165, 1.54) is 19.4 Å². The Bertz CT molecular complexity index is 366. The number of nitrogens with zero attached hydrogens (tertiary/aromatic N) is 2.